The van der Waals surface area contributed by atoms with Gasteiger partial charge in [0.25, 0.3) is 0 Å². The van der Waals surface area contributed by atoms with E-state index in [1.165, 1.54) is 41.9 Å². The van der Waals surface area contributed by atoms with E-state index in [0.717, 1.165) is 18.4 Å². The van der Waals surface area contributed by atoms with Crippen LogP contribution in [0, 0.1) is 11.8 Å². The molecule has 2 aromatic heterocycles. The quantitative estimate of drug-likeness (QED) is 0.446. The van der Waals surface area contributed by atoms with Gasteiger partial charge in [-0.2, -0.15) is 0 Å². The number of fused-ring (bicyclic) bond motifs is 4. The van der Waals surface area contributed by atoms with Crippen molar-refractivity contribution in [1.82, 2.24) is 4.98 Å². The summed E-state index contributed by atoms with van der Waals surface area (Å²) in [5.41, 5.74) is 4.90. The van der Waals surface area contributed by atoms with Crippen molar-refractivity contribution in [1.29, 1.82) is 0 Å². The van der Waals surface area contributed by atoms with Crippen LogP contribution in [0.15, 0.2) is 54.7 Å². The van der Waals surface area contributed by atoms with Crippen molar-refractivity contribution in [2.75, 3.05) is 0 Å². The number of nitrogens with zero attached hydrogens (tertiary/aromatic N) is 1. The summed E-state index contributed by atoms with van der Waals surface area (Å²) in [7, 11) is 0. The fraction of sp³-hybridized carbons (Fsp3) is 0.125. The lowest BCUT2D eigenvalue weighted by Gasteiger charge is -2.07. The monoisotopic (exact) mass is 351 g/mol. The summed E-state index contributed by atoms with van der Waals surface area (Å²) in [6.45, 7) is 2.21. The molecule has 5 rings (SSSR count). The Kier molecular flexibility index (Phi) is 3.62. The van der Waals surface area contributed by atoms with Gasteiger partial charge in [-0.1, -0.05) is 66.0 Å². The number of hydrogen-bond acceptors (Lipinski definition) is 2. The largest absolute Gasteiger partial charge is 0.256 e. The molecule has 1 aliphatic rings. The molecule has 2 aromatic carbocycles. The Hall–Kier alpha value is -2.89. The summed E-state index contributed by atoms with van der Waals surface area (Å²) >= 11 is 1.88. The number of para-hydroxylation sites is 1. The zero-order valence-corrected chi connectivity index (χ0v) is 15.4. The van der Waals surface area contributed by atoms with Gasteiger partial charge in [-0.05, 0) is 18.2 Å². The van der Waals surface area contributed by atoms with Crippen LogP contribution < -0.4 is 9.75 Å². The van der Waals surface area contributed by atoms with Crippen LogP contribution in [0.3, 0.4) is 0 Å². The third-order valence-corrected chi connectivity index (χ3v) is 6.20. The first-order chi connectivity index (χ1) is 12.8. The number of benzene rings is 2. The molecule has 0 bridgehead atoms. The lowest BCUT2D eigenvalue weighted by molar-refractivity contribution is 1.37. The van der Waals surface area contributed by atoms with Crippen molar-refractivity contribution in [3.05, 3.63) is 64.5 Å². The lowest BCUT2D eigenvalue weighted by Crippen LogP contribution is -2.21. The molecule has 26 heavy (non-hydrogen) atoms. The summed E-state index contributed by atoms with van der Waals surface area (Å²) in [5, 5.41) is 3.90. The molecule has 0 radical (unpaired) electrons. The second-order valence-corrected chi connectivity index (χ2v) is 7.68. The third kappa shape index (κ3) is 2.36. The fourth-order valence-electron chi connectivity index (χ4n) is 3.75. The lowest BCUT2D eigenvalue weighted by atomic mass is 9.99. The van der Waals surface area contributed by atoms with E-state index in [0.29, 0.717) is 0 Å². The van der Waals surface area contributed by atoms with Gasteiger partial charge in [0.15, 0.2) is 0 Å². The van der Waals surface area contributed by atoms with E-state index in [2.05, 4.69) is 72.3 Å². The van der Waals surface area contributed by atoms with Crippen LogP contribution in [0.1, 0.15) is 19.8 Å². The van der Waals surface area contributed by atoms with Gasteiger partial charge >= 0.3 is 0 Å². The fourth-order valence-corrected chi connectivity index (χ4v) is 5.10. The van der Waals surface area contributed by atoms with Gasteiger partial charge in [0.05, 0.1) is 5.52 Å². The predicted molar refractivity (Wildman–Crippen MR) is 112 cm³/mol. The molecular weight excluding hydrogens is 334 g/mol. The predicted octanol–water partition coefficient (Wildman–Crippen LogP) is 4.86. The van der Waals surface area contributed by atoms with Crippen LogP contribution in [0.5, 0.6) is 0 Å². The zero-order chi connectivity index (χ0) is 17.5. The highest BCUT2D eigenvalue weighted by Gasteiger charge is 2.12. The highest BCUT2D eigenvalue weighted by atomic mass is 32.1. The van der Waals surface area contributed by atoms with Gasteiger partial charge in [0.1, 0.15) is 0 Å². The van der Waals surface area contributed by atoms with Gasteiger partial charge in [-0.15, -0.1) is 11.3 Å². The van der Waals surface area contributed by atoms with E-state index in [1.54, 1.807) is 0 Å². The Morgan fingerprint density at radius 3 is 2.77 bits per heavy atom. The van der Waals surface area contributed by atoms with Crippen molar-refractivity contribution in [2.24, 2.45) is 0 Å². The van der Waals surface area contributed by atoms with E-state index < -0.39 is 0 Å². The summed E-state index contributed by atoms with van der Waals surface area (Å²) in [6, 6.07) is 17.2. The van der Waals surface area contributed by atoms with Crippen molar-refractivity contribution in [3.8, 4) is 23.0 Å². The van der Waals surface area contributed by atoms with Gasteiger partial charge in [0.2, 0.25) is 0 Å². The molecule has 124 valence electrons. The molecule has 0 aliphatic heterocycles. The standard InChI is InChI=1S/C24H17NS/c1-16-8-3-2-4-14-21-22(16)20-13-6-12-19(24(20)26-21)18-11-5-9-17-10-7-15-25-23(17)18/h5-7,9-15H,4,8H2,1H3/b21-14+,22-16-. The Labute approximate surface area is 156 Å². The zero-order valence-electron chi connectivity index (χ0n) is 14.5. The number of thiophene rings is 1. The SMILES string of the molecule is C/C1=c2/c(sc3c(-c4cccc5cccnc45)cccc23)=C\CC#CC1. The minimum Gasteiger partial charge on any atom is -0.256 e. The maximum absolute atomic E-state index is 4.66. The number of rotatable bonds is 1. The first kappa shape index (κ1) is 15.4. The summed E-state index contributed by atoms with van der Waals surface area (Å²) in [4.78, 5) is 4.66. The van der Waals surface area contributed by atoms with Crippen molar-refractivity contribution in [3.63, 3.8) is 0 Å². The molecule has 0 saturated heterocycles. The van der Waals surface area contributed by atoms with Crippen molar-refractivity contribution >= 4 is 44.0 Å². The Bertz CT molecular complexity index is 1340. The van der Waals surface area contributed by atoms with E-state index in [-0.39, 0.29) is 0 Å². The molecule has 0 saturated carbocycles. The summed E-state index contributed by atoms with van der Waals surface area (Å²) < 4.78 is 2.69. The Balaban J connectivity index is 1.91. The van der Waals surface area contributed by atoms with Gasteiger partial charge < -0.3 is 0 Å². The highest BCUT2D eigenvalue weighted by molar-refractivity contribution is 7.17. The highest BCUT2D eigenvalue weighted by Crippen LogP contribution is 2.33. The average Bonchev–Trinajstić information content (AvgIpc) is 3.03. The first-order valence-corrected chi connectivity index (χ1v) is 9.66. The number of pyridine rings is 1. The minimum absolute atomic E-state index is 0.832. The summed E-state index contributed by atoms with van der Waals surface area (Å²) in [6.07, 6.45) is 5.84. The normalized spacial score (nSPS) is 16.9. The maximum Gasteiger partial charge on any atom is 0.0780 e. The third-order valence-electron chi connectivity index (χ3n) is 4.96. The van der Waals surface area contributed by atoms with Gasteiger partial charge in [-0.25, -0.2) is 0 Å². The average molecular weight is 351 g/mol. The second-order valence-electron chi connectivity index (χ2n) is 6.62. The van der Waals surface area contributed by atoms with Crippen LogP contribution in [0.25, 0.3) is 43.8 Å². The van der Waals surface area contributed by atoms with Crippen molar-refractivity contribution < 1.29 is 0 Å². The van der Waals surface area contributed by atoms with Gasteiger partial charge in [0, 0.05) is 50.2 Å². The van der Waals surface area contributed by atoms with Crippen LogP contribution in [-0.2, 0) is 0 Å². The molecule has 0 fully saturated rings. The molecule has 4 aromatic rings. The molecule has 0 amide bonds. The molecule has 2 heteroatoms. The smallest absolute Gasteiger partial charge is 0.0780 e. The van der Waals surface area contributed by atoms with Crippen LogP contribution in [0.4, 0.5) is 0 Å². The van der Waals surface area contributed by atoms with Gasteiger partial charge in [-0.3, -0.25) is 4.98 Å². The van der Waals surface area contributed by atoms with E-state index in [4.69, 9.17) is 0 Å². The van der Waals surface area contributed by atoms with Crippen molar-refractivity contribution in [2.45, 2.75) is 19.8 Å². The second kappa shape index (κ2) is 6.12. The molecular formula is C24H17NS. The maximum atomic E-state index is 4.66. The topological polar surface area (TPSA) is 12.9 Å². The first-order valence-electron chi connectivity index (χ1n) is 8.84. The number of hydrogen-bond donors (Lipinski definition) is 0. The Morgan fingerprint density at radius 1 is 0.962 bits per heavy atom. The van der Waals surface area contributed by atoms with E-state index in [1.807, 2.05) is 23.6 Å². The minimum atomic E-state index is 0.832. The molecule has 0 atom stereocenters. The molecule has 1 nitrogen and oxygen atoms in total. The van der Waals surface area contributed by atoms with Crippen LogP contribution >= 0.6 is 11.3 Å². The Morgan fingerprint density at radius 2 is 1.81 bits per heavy atom. The number of aromatic nitrogens is 1. The molecule has 0 unspecified atom stereocenters. The molecule has 1 aliphatic carbocycles. The van der Waals surface area contributed by atoms with E-state index >= 15 is 0 Å². The van der Waals surface area contributed by atoms with E-state index in [9.17, 15) is 0 Å². The van der Waals surface area contributed by atoms with Crippen LogP contribution in [0.2, 0.25) is 0 Å². The molecule has 0 spiro atoms. The molecule has 2 heterocycles. The molecule has 0 N–H and O–H groups in total. The van der Waals surface area contributed by atoms with Crippen LogP contribution in [-0.4, -0.2) is 4.98 Å². The summed E-state index contributed by atoms with van der Waals surface area (Å²) in [5.74, 6) is 6.52.